The molecule has 24 aromatic rings. The third kappa shape index (κ3) is 10.8. The molecule has 0 saturated heterocycles. The summed E-state index contributed by atoms with van der Waals surface area (Å²) in [6, 6.07) is 142. The van der Waals surface area contributed by atoms with Gasteiger partial charge in [-0.3, -0.25) is 4.57 Å². The van der Waals surface area contributed by atoms with Crippen LogP contribution >= 0.6 is 22.7 Å². The number of hydrogen-bond acceptors (Lipinski definition) is 5. The molecule has 5 nitrogen and oxygen atoms in total. The summed E-state index contributed by atoms with van der Waals surface area (Å²) in [5, 5.41) is 25.9. The largest absolute Gasteiger partial charge is 0.309 e. The Morgan fingerprint density at radius 1 is 0.179 bits per heavy atom. The van der Waals surface area contributed by atoms with Gasteiger partial charge in [0.2, 0.25) is 5.95 Å². The van der Waals surface area contributed by atoms with E-state index < -0.39 is 0 Å². The minimum Gasteiger partial charge on any atom is -0.309 e. The van der Waals surface area contributed by atoms with E-state index in [1.807, 2.05) is 83.3 Å². The van der Waals surface area contributed by atoms with Gasteiger partial charge in [0.05, 0.1) is 22.1 Å². The van der Waals surface area contributed by atoms with Crippen molar-refractivity contribution in [3.8, 4) is 67.8 Å². The van der Waals surface area contributed by atoms with Crippen molar-refractivity contribution >= 4 is 171 Å². The average molecular weight is 1460 g/mol. The number of thiophene rings is 2. The monoisotopic (exact) mass is 1460 g/mol. The highest BCUT2D eigenvalue weighted by Crippen LogP contribution is 2.46. The molecule has 0 saturated carbocycles. The molecule has 5 aromatic heterocycles. The molecule has 0 N–H and O–H groups in total. The Hall–Kier alpha value is -14.2. The van der Waals surface area contributed by atoms with Crippen LogP contribution in [0.1, 0.15) is 0 Å². The summed E-state index contributed by atoms with van der Waals surface area (Å²) in [5.41, 5.74) is 15.1. The number of hydrogen-bond donors (Lipinski definition) is 0. The highest BCUT2D eigenvalue weighted by atomic mass is 32.1. The van der Waals surface area contributed by atoms with Crippen LogP contribution in [0.2, 0.25) is 0 Å². The summed E-state index contributed by atoms with van der Waals surface area (Å²) in [6.07, 6.45) is 0. The van der Waals surface area contributed by atoms with Crippen molar-refractivity contribution in [3.63, 3.8) is 0 Å². The minimum absolute atomic E-state index is 0.593. The zero-order valence-corrected chi connectivity index (χ0v) is 62.2. The molecule has 0 radical (unpaired) electrons. The Morgan fingerprint density at radius 3 is 0.982 bits per heavy atom. The molecule has 522 valence electrons. The summed E-state index contributed by atoms with van der Waals surface area (Å²) < 4.78 is 9.97. The lowest BCUT2D eigenvalue weighted by Gasteiger charge is -2.12. The van der Waals surface area contributed by atoms with Crippen molar-refractivity contribution in [2.75, 3.05) is 0 Å². The first-order chi connectivity index (χ1) is 55.6. The van der Waals surface area contributed by atoms with Crippen LogP contribution in [0.5, 0.6) is 0 Å². The van der Waals surface area contributed by atoms with E-state index in [2.05, 4.69) is 343 Å². The third-order valence-corrected chi connectivity index (χ3v) is 24.9. The molecule has 0 atom stereocenters. The number of rotatable bonds is 7. The van der Waals surface area contributed by atoms with E-state index >= 15 is 0 Å². The predicted molar refractivity (Wildman–Crippen MR) is 479 cm³/mol. The predicted octanol–water partition coefficient (Wildman–Crippen LogP) is 29.4. The van der Waals surface area contributed by atoms with E-state index in [0.717, 1.165) is 38.6 Å². The lowest BCUT2D eigenvalue weighted by molar-refractivity contribution is 0.954. The Labute approximate surface area is 652 Å². The number of aromatic nitrogens is 5. The van der Waals surface area contributed by atoms with E-state index in [1.54, 1.807) is 0 Å². The summed E-state index contributed by atoms with van der Waals surface area (Å²) >= 11 is 3.78. The van der Waals surface area contributed by atoms with Gasteiger partial charge >= 0.3 is 0 Å². The Balaban J connectivity index is 0.000000105. The van der Waals surface area contributed by atoms with Crippen LogP contribution in [0.25, 0.3) is 216 Å². The van der Waals surface area contributed by atoms with Gasteiger partial charge < -0.3 is 4.57 Å². The molecule has 7 heteroatoms. The normalized spacial score (nSPS) is 11.8. The van der Waals surface area contributed by atoms with Crippen LogP contribution in [-0.4, -0.2) is 24.1 Å². The fraction of sp³-hybridized carbons (Fsp3) is 0. The zero-order chi connectivity index (χ0) is 73.7. The third-order valence-electron chi connectivity index (χ3n) is 22.5. The Morgan fingerprint density at radius 2 is 0.500 bits per heavy atom. The molecular formula is C105H65N5S2. The fourth-order valence-electron chi connectivity index (χ4n) is 17.4. The summed E-state index contributed by atoms with van der Waals surface area (Å²) in [5.74, 6) is 1.87. The standard InChI is InChI=1S/C39H25N5.C36H22S.C30H18S/c1-4-14-26(15-5-1)37-40-38(27-16-6-2-7-17-27)42-39(41-37)44-34-23-13-11-21-30(34)32-24-35-31(25-36(32)44)29-20-10-12-22-33(29)43(35)28-18-8-3-9-19-28;1-2-13-29-27(11-1)28-12-3-4-14-30(28)34-22-24(19-20-31(29)34)23-9-7-10-25(21-23)26-16-8-17-33-32-15-5-6-18-35(32)37-36(26)33;1-2-10-23-21(8-1)22-9-3-4-11-24(22)28-18-19(16-17-25(23)28)20-13-7-14-27-26-12-5-6-15-29(26)31-30(20)27/h1-25H;1-22H;1-18H. The Kier molecular flexibility index (Phi) is 15.6. The first-order valence-corrected chi connectivity index (χ1v) is 39.7. The van der Waals surface area contributed by atoms with Crippen molar-refractivity contribution < 1.29 is 0 Å². The van der Waals surface area contributed by atoms with Crippen molar-refractivity contribution in [1.29, 1.82) is 0 Å². The van der Waals surface area contributed by atoms with Crippen LogP contribution in [0.3, 0.4) is 0 Å². The number of para-hydroxylation sites is 3. The molecule has 5 heterocycles. The molecular weight excluding hydrogens is 1400 g/mol. The molecule has 24 rings (SSSR count). The number of benzene rings is 19. The van der Waals surface area contributed by atoms with Crippen molar-refractivity contribution in [2.24, 2.45) is 0 Å². The highest BCUT2D eigenvalue weighted by Gasteiger charge is 2.23. The lowest BCUT2D eigenvalue weighted by Crippen LogP contribution is -2.06. The van der Waals surface area contributed by atoms with Gasteiger partial charge in [-0.05, 0) is 165 Å². The fourth-order valence-corrected chi connectivity index (χ4v) is 19.9. The van der Waals surface area contributed by atoms with E-state index in [9.17, 15) is 0 Å². The lowest BCUT2D eigenvalue weighted by atomic mass is 9.91. The SMILES string of the molecule is c1cc(-c2ccc3c4ccccc4c4ccccc4c3c2)cc(-c2cccc3c2sc2ccccc23)c1.c1ccc(-c2nc(-c3ccccc3)nc(-n3c4ccccc4c4cc5c(cc43)c3ccccc3n5-c3ccccc3)n2)cc1.c1ccc2c(c1)sc1c(-c3ccc4c5ccccc5c5ccccc5c4c3)cccc12. The second-order valence-electron chi connectivity index (χ2n) is 28.8. The maximum Gasteiger partial charge on any atom is 0.238 e. The maximum absolute atomic E-state index is 5.10. The van der Waals surface area contributed by atoms with Crippen LogP contribution in [0, 0.1) is 0 Å². The van der Waals surface area contributed by atoms with Gasteiger partial charge in [-0.1, -0.05) is 328 Å². The van der Waals surface area contributed by atoms with Crippen molar-refractivity contribution in [1.82, 2.24) is 24.1 Å². The van der Waals surface area contributed by atoms with Crippen LogP contribution in [-0.2, 0) is 0 Å². The quantitative estimate of drug-likeness (QED) is 0.149. The van der Waals surface area contributed by atoms with E-state index in [-0.39, 0.29) is 0 Å². The topological polar surface area (TPSA) is 48.5 Å². The molecule has 0 aliphatic carbocycles. The second kappa shape index (κ2) is 26.9. The van der Waals surface area contributed by atoms with E-state index in [4.69, 9.17) is 15.0 Å². The molecule has 0 aliphatic rings. The highest BCUT2D eigenvalue weighted by molar-refractivity contribution is 7.26. The number of fused-ring (bicyclic) bond motifs is 24. The summed E-state index contributed by atoms with van der Waals surface area (Å²) in [7, 11) is 0. The van der Waals surface area contributed by atoms with Crippen molar-refractivity contribution in [3.05, 3.63) is 394 Å². The molecule has 0 amide bonds. The van der Waals surface area contributed by atoms with E-state index in [0.29, 0.717) is 17.6 Å². The van der Waals surface area contributed by atoms with Crippen molar-refractivity contribution in [2.45, 2.75) is 0 Å². The average Bonchev–Trinajstić information content (AvgIpc) is 1.26. The Bertz CT molecular complexity index is 7760. The van der Waals surface area contributed by atoms with Crippen LogP contribution < -0.4 is 0 Å². The van der Waals surface area contributed by atoms with Gasteiger partial charge in [-0.25, -0.2) is 4.98 Å². The molecule has 112 heavy (non-hydrogen) atoms. The smallest absolute Gasteiger partial charge is 0.238 e. The maximum atomic E-state index is 5.10. The minimum atomic E-state index is 0.593. The van der Waals surface area contributed by atoms with Gasteiger partial charge in [-0.2, -0.15) is 9.97 Å². The van der Waals surface area contributed by atoms with E-state index in [1.165, 1.54) is 160 Å². The van der Waals surface area contributed by atoms with Gasteiger partial charge in [0.25, 0.3) is 0 Å². The first kappa shape index (κ1) is 64.9. The van der Waals surface area contributed by atoms with Gasteiger partial charge in [0.1, 0.15) is 0 Å². The molecule has 0 bridgehead atoms. The number of nitrogens with zero attached hydrogens (tertiary/aromatic N) is 5. The zero-order valence-electron chi connectivity index (χ0n) is 60.6. The van der Waals surface area contributed by atoms with Crippen LogP contribution in [0.4, 0.5) is 0 Å². The molecule has 0 spiro atoms. The second-order valence-corrected chi connectivity index (χ2v) is 30.9. The summed E-state index contributed by atoms with van der Waals surface area (Å²) in [4.78, 5) is 15.1. The van der Waals surface area contributed by atoms with Gasteiger partial charge in [0.15, 0.2) is 11.6 Å². The molecule has 0 fully saturated rings. The molecule has 19 aromatic carbocycles. The van der Waals surface area contributed by atoms with Gasteiger partial charge in [-0.15, -0.1) is 22.7 Å². The van der Waals surface area contributed by atoms with Gasteiger partial charge in [0, 0.05) is 78.7 Å². The molecule has 0 aliphatic heterocycles. The molecule has 0 unspecified atom stereocenters. The summed E-state index contributed by atoms with van der Waals surface area (Å²) in [6.45, 7) is 0. The van der Waals surface area contributed by atoms with Crippen LogP contribution in [0.15, 0.2) is 394 Å². The first-order valence-electron chi connectivity index (χ1n) is 38.0.